The van der Waals surface area contributed by atoms with E-state index in [0.29, 0.717) is 10.6 Å². The van der Waals surface area contributed by atoms with Crippen LogP contribution in [0.4, 0.5) is 0 Å². The highest BCUT2D eigenvalue weighted by Gasteiger charge is 2.10. The minimum Gasteiger partial charge on any atom is -0.343 e. The van der Waals surface area contributed by atoms with Crippen LogP contribution < -0.4 is 0 Å². The molecule has 0 fully saturated rings. The zero-order valence-corrected chi connectivity index (χ0v) is 12.1. The second-order valence-electron chi connectivity index (χ2n) is 4.95. The average Bonchev–Trinajstić information content (AvgIpc) is 2.27. The van der Waals surface area contributed by atoms with Gasteiger partial charge in [0, 0.05) is 16.8 Å². The molecule has 1 heterocycles. The summed E-state index contributed by atoms with van der Waals surface area (Å²) in [6.45, 7) is 8.42. The van der Waals surface area contributed by atoms with Gasteiger partial charge in [-0.3, -0.25) is 0 Å². The maximum absolute atomic E-state index is 5.40. The van der Waals surface area contributed by atoms with Crippen molar-refractivity contribution in [1.82, 2.24) is 9.97 Å². The minimum absolute atomic E-state index is 0.396. The fourth-order valence-corrected chi connectivity index (χ4v) is 2.68. The molecule has 0 atom stereocenters. The number of rotatable bonds is 2. The topological polar surface area (TPSA) is 28.7 Å². The van der Waals surface area contributed by atoms with Crippen molar-refractivity contribution in [3.05, 3.63) is 45.7 Å². The first-order chi connectivity index (χ1) is 8.49. The van der Waals surface area contributed by atoms with Gasteiger partial charge in [-0.05, 0) is 25.8 Å². The quantitative estimate of drug-likeness (QED) is 0.801. The molecule has 3 heteroatoms. The molecular weight excluding hydrogens is 240 g/mol. The molecule has 2 rings (SSSR count). The van der Waals surface area contributed by atoms with Crippen LogP contribution in [0.3, 0.4) is 0 Å². The van der Waals surface area contributed by atoms with E-state index in [4.69, 9.17) is 12.2 Å². The third-order valence-electron chi connectivity index (χ3n) is 3.02. The smallest absolute Gasteiger partial charge is 0.139 e. The Kier molecular flexibility index (Phi) is 3.62. The van der Waals surface area contributed by atoms with Crippen LogP contribution in [0, 0.1) is 18.5 Å². The van der Waals surface area contributed by atoms with Crippen LogP contribution in [0.5, 0.6) is 0 Å². The Bertz CT molecular complexity index is 627. The molecule has 0 bridgehead atoms. The first kappa shape index (κ1) is 13.0. The molecule has 2 nitrogen and oxygen atoms in total. The molecule has 0 unspecified atom stereocenters. The number of aromatic nitrogens is 2. The average molecular weight is 258 g/mol. The van der Waals surface area contributed by atoms with Crippen LogP contribution in [0.2, 0.25) is 0 Å². The van der Waals surface area contributed by atoms with E-state index in [-0.39, 0.29) is 0 Å². The molecule has 0 saturated heterocycles. The van der Waals surface area contributed by atoms with Crippen molar-refractivity contribution in [2.45, 2.75) is 33.6 Å². The maximum atomic E-state index is 5.40. The van der Waals surface area contributed by atoms with E-state index < -0.39 is 0 Å². The fourth-order valence-electron chi connectivity index (χ4n) is 2.20. The Hall–Kier alpha value is -1.48. The van der Waals surface area contributed by atoms with E-state index in [9.17, 15) is 0 Å². The molecule has 0 aliphatic heterocycles. The van der Waals surface area contributed by atoms with Gasteiger partial charge in [-0.2, -0.15) is 0 Å². The molecule has 0 spiro atoms. The second-order valence-corrected chi connectivity index (χ2v) is 5.34. The lowest BCUT2D eigenvalue weighted by molar-refractivity contribution is 0.825. The molecule has 2 aromatic rings. The van der Waals surface area contributed by atoms with Crippen LogP contribution in [0.25, 0.3) is 11.4 Å². The van der Waals surface area contributed by atoms with E-state index in [1.165, 1.54) is 5.56 Å². The molecule has 94 valence electrons. The molecule has 1 N–H and O–H groups in total. The summed E-state index contributed by atoms with van der Waals surface area (Å²) in [6.07, 6.45) is 0. The Labute approximate surface area is 113 Å². The van der Waals surface area contributed by atoms with E-state index in [2.05, 4.69) is 55.9 Å². The third kappa shape index (κ3) is 2.51. The highest BCUT2D eigenvalue weighted by molar-refractivity contribution is 7.71. The summed E-state index contributed by atoms with van der Waals surface area (Å²) in [4.78, 5) is 7.89. The van der Waals surface area contributed by atoms with Gasteiger partial charge in [0.2, 0.25) is 0 Å². The van der Waals surface area contributed by atoms with Gasteiger partial charge < -0.3 is 4.98 Å². The molecule has 18 heavy (non-hydrogen) atoms. The van der Waals surface area contributed by atoms with Gasteiger partial charge in [0.15, 0.2) is 0 Å². The summed E-state index contributed by atoms with van der Waals surface area (Å²) in [5.41, 5.74) is 4.56. The zero-order chi connectivity index (χ0) is 13.3. The first-order valence-electron chi connectivity index (χ1n) is 6.17. The summed E-state index contributed by atoms with van der Waals surface area (Å²) in [5.74, 6) is 1.25. The van der Waals surface area contributed by atoms with Crippen molar-refractivity contribution < 1.29 is 0 Å². The normalized spacial score (nSPS) is 10.9. The summed E-state index contributed by atoms with van der Waals surface area (Å²) in [7, 11) is 0. The monoisotopic (exact) mass is 258 g/mol. The van der Waals surface area contributed by atoms with Crippen LogP contribution in [-0.2, 0) is 0 Å². The Morgan fingerprint density at radius 2 is 1.94 bits per heavy atom. The van der Waals surface area contributed by atoms with E-state index in [1.54, 1.807) is 0 Å². The Morgan fingerprint density at radius 3 is 2.50 bits per heavy atom. The van der Waals surface area contributed by atoms with Gasteiger partial charge in [-0.1, -0.05) is 49.8 Å². The molecule has 0 saturated carbocycles. The van der Waals surface area contributed by atoms with Crippen molar-refractivity contribution in [3.8, 4) is 11.4 Å². The van der Waals surface area contributed by atoms with E-state index >= 15 is 0 Å². The number of aromatic amines is 1. The molecule has 0 radical (unpaired) electrons. The van der Waals surface area contributed by atoms with Crippen molar-refractivity contribution >= 4 is 12.2 Å². The van der Waals surface area contributed by atoms with Gasteiger partial charge in [-0.15, -0.1) is 0 Å². The molecule has 1 aromatic carbocycles. The summed E-state index contributed by atoms with van der Waals surface area (Å²) in [6, 6.07) is 8.28. The number of aryl methyl sites for hydroxylation is 2. The summed E-state index contributed by atoms with van der Waals surface area (Å²) < 4.78 is 0.706. The molecule has 0 aliphatic carbocycles. The van der Waals surface area contributed by atoms with Gasteiger partial charge in [0.1, 0.15) is 10.5 Å². The largest absolute Gasteiger partial charge is 0.343 e. The molecule has 0 aliphatic rings. The zero-order valence-electron chi connectivity index (χ0n) is 11.2. The van der Waals surface area contributed by atoms with Crippen LogP contribution >= 0.6 is 12.2 Å². The number of nitrogens with one attached hydrogen (secondary N) is 1. The number of benzene rings is 1. The first-order valence-corrected chi connectivity index (χ1v) is 6.57. The van der Waals surface area contributed by atoms with Gasteiger partial charge in [0.05, 0.1) is 0 Å². The van der Waals surface area contributed by atoms with Crippen molar-refractivity contribution in [2.24, 2.45) is 0 Å². The van der Waals surface area contributed by atoms with Crippen molar-refractivity contribution in [2.75, 3.05) is 0 Å². The maximum Gasteiger partial charge on any atom is 0.139 e. The molecule has 1 aromatic heterocycles. The lowest BCUT2D eigenvalue weighted by atomic mass is 10.0. The molecule has 0 amide bonds. The summed E-state index contributed by atoms with van der Waals surface area (Å²) >= 11 is 5.40. The van der Waals surface area contributed by atoms with E-state index in [0.717, 1.165) is 22.6 Å². The molecular formula is C15H18N2S. The highest BCUT2D eigenvalue weighted by atomic mass is 32.1. The lowest BCUT2D eigenvalue weighted by Gasteiger charge is -2.12. The highest BCUT2D eigenvalue weighted by Crippen LogP contribution is 2.22. The van der Waals surface area contributed by atoms with Gasteiger partial charge >= 0.3 is 0 Å². The predicted molar refractivity (Wildman–Crippen MR) is 78.4 cm³/mol. The van der Waals surface area contributed by atoms with Crippen molar-refractivity contribution in [3.63, 3.8) is 0 Å². The SMILES string of the molecule is Cc1cccc(-c2nc(=S)c(C(C)C)c(C)[nH]2)c1. The van der Waals surface area contributed by atoms with Crippen LogP contribution in [0.15, 0.2) is 24.3 Å². The fraction of sp³-hybridized carbons (Fsp3) is 0.333. The van der Waals surface area contributed by atoms with Crippen LogP contribution in [-0.4, -0.2) is 9.97 Å². The summed E-state index contributed by atoms with van der Waals surface area (Å²) in [5, 5.41) is 0. The Morgan fingerprint density at radius 1 is 1.22 bits per heavy atom. The van der Waals surface area contributed by atoms with Gasteiger partial charge in [0.25, 0.3) is 0 Å². The van der Waals surface area contributed by atoms with Crippen LogP contribution in [0.1, 0.15) is 36.6 Å². The lowest BCUT2D eigenvalue weighted by Crippen LogP contribution is -2.01. The Balaban J connectivity index is 2.59. The second kappa shape index (κ2) is 5.02. The van der Waals surface area contributed by atoms with E-state index in [1.807, 2.05) is 6.07 Å². The predicted octanol–water partition coefficient (Wildman–Crippen LogP) is 4.55. The number of hydrogen-bond acceptors (Lipinski definition) is 2. The number of H-pyrrole nitrogens is 1. The van der Waals surface area contributed by atoms with Crippen molar-refractivity contribution in [1.29, 1.82) is 0 Å². The number of hydrogen-bond donors (Lipinski definition) is 1. The number of nitrogens with zero attached hydrogens (tertiary/aromatic N) is 1. The third-order valence-corrected chi connectivity index (χ3v) is 3.33. The minimum atomic E-state index is 0.396. The standard InChI is InChI=1S/C15H18N2S/c1-9(2)13-11(4)16-14(17-15(13)18)12-7-5-6-10(3)8-12/h5-9H,1-4H3,(H,16,17,18). The van der Waals surface area contributed by atoms with Gasteiger partial charge in [-0.25, -0.2) is 4.98 Å².